The number of methoxy groups -OCH3 is 1. The van der Waals surface area contributed by atoms with Crippen LogP contribution in [0.4, 0.5) is 4.39 Å². The third-order valence-electron chi connectivity index (χ3n) is 2.20. The molecule has 4 heteroatoms. The van der Waals surface area contributed by atoms with Crippen molar-refractivity contribution in [3.8, 4) is 11.5 Å². The Hall–Kier alpha value is -1.29. The number of halogens is 1. The number of hydrogen-bond acceptors (Lipinski definition) is 3. The first-order valence-electron chi connectivity index (χ1n) is 4.37. The topological polar surface area (TPSA) is 55.5 Å². The van der Waals surface area contributed by atoms with Gasteiger partial charge in [0.1, 0.15) is 0 Å². The zero-order chi connectivity index (χ0) is 10.7. The number of phenols is 1. The Kier molecular flexibility index (Phi) is 3.30. The van der Waals surface area contributed by atoms with Crippen molar-refractivity contribution < 1.29 is 14.2 Å². The molecule has 0 fully saturated rings. The van der Waals surface area contributed by atoms with Crippen LogP contribution in [0.1, 0.15) is 18.4 Å². The molecule has 3 nitrogen and oxygen atoms in total. The Morgan fingerprint density at radius 1 is 1.57 bits per heavy atom. The Morgan fingerprint density at radius 2 is 2.21 bits per heavy atom. The molecule has 0 bridgehead atoms. The number of rotatable bonds is 3. The van der Waals surface area contributed by atoms with E-state index in [1.165, 1.54) is 13.2 Å². The lowest BCUT2D eigenvalue weighted by molar-refractivity contribution is 0.351. The number of benzene rings is 1. The Bertz CT molecular complexity index is 328. The number of hydrogen-bond donors (Lipinski definition) is 2. The summed E-state index contributed by atoms with van der Waals surface area (Å²) < 4.78 is 17.9. The summed E-state index contributed by atoms with van der Waals surface area (Å²) in [4.78, 5) is 0. The van der Waals surface area contributed by atoms with Crippen molar-refractivity contribution in [3.05, 3.63) is 23.5 Å². The van der Waals surface area contributed by atoms with Gasteiger partial charge in [-0.25, -0.2) is 4.39 Å². The second kappa shape index (κ2) is 4.28. The van der Waals surface area contributed by atoms with E-state index >= 15 is 0 Å². The number of nitrogens with two attached hydrogens (primary N) is 1. The first kappa shape index (κ1) is 10.8. The van der Waals surface area contributed by atoms with Gasteiger partial charge in [-0.1, -0.05) is 13.0 Å². The highest BCUT2D eigenvalue weighted by atomic mass is 19.1. The van der Waals surface area contributed by atoms with Crippen LogP contribution >= 0.6 is 0 Å². The molecule has 78 valence electrons. The summed E-state index contributed by atoms with van der Waals surface area (Å²) >= 11 is 0. The zero-order valence-corrected chi connectivity index (χ0v) is 8.25. The van der Waals surface area contributed by atoms with Crippen LogP contribution in [0, 0.1) is 5.82 Å². The van der Waals surface area contributed by atoms with Crippen molar-refractivity contribution in [2.45, 2.75) is 12.8 Å². The summed E-state index contributed by atoms with van der Waals surface area (Å²) in [6.07, 6.45) is 0. The van der Waals surface area contributed by atoms with Gasteiger partial charge in [-0.3, -0.25) is 0 Å². The van der Waals surface area contributed by atoms with Crippen LogP contribution in [-0.2, 0) is 0 Å². The van der Waals surface area contributed by atoms with Gasteiger partial charge in [-0.05, 0) is 18.5 Å². The van der Waals surface area contributed by atoms with E-state index in [9.17, 15) is 9.50 Å². The highest BCUT2D eigenvalue weighted by Gasteiger charge is 2.16. The van der Waals surface area contributed by atoms with Crippen LogP contribution in [0.2, 0.25) is 0 Å². The maximum atomic E-state index is 13.0. The molecule has 0 radical (unpaired) electrons. The highest BCUT2D eigenvalue weighted by molar-refractivity contribution is 5.48. The number of aromatic hydroxyl groups is 1. The van der Waals surface area contributed by atoms with Crippen LogP contribution in [0.15, 0.2) is 12.1 Å². The van der Waals surface area contributed by atoms with Crippen molar-refractivity contribution >= 4 is 0 Å². The highest BCUT2D eigenvalue weighted by Crippen LogP contribution is 2.36. The van der Waals surface area contributed by atoms with E-state index in [-0.39, 0.29) is 11.7 Å². The lowest BCUT2D eigenvalue weighted by Crippen LogP contribution is -2.10. The van der Waals surface area contributed by atoms with Gasteiger partial charge in [-0.2, -0.15) is 0 Å². The minimum atomic E-state index is -0.685. The summed E-state index contributed by atoms with van der Waals surface area (Å²) in [5.74, 6) is -0.945. The van der Waals surface area contributed by atoms with Gasteiger partial charge < -0.3 is 15.6 Å². The first-order valence-corrected chi connectivity index (χ1v) is 4.37. The largest absolute Gasteiger partial charge is 0.502 e. The molecule has 0 aromatic heterocycles. The molecular weight excluding hydrogens is 185 g/mol. The summed E-state index contributed by atoms with van der Waals surface area (Å²) in [6.45, 7) is 2.30. The molecule has 0 spiro atoms. The van der Waals surface area contributed by atoms with Crippen LogP contribution in [-0.4, -0.2) is 18.8 Å². The van der Waals surface area contributed by atoms with Crippen LogP contribution in [0.5, 0.6) is 11.5 Å². The molecule has 0 saturated carbocycles. The molecule has 1 aromatic rings. The molecule has 0 aliphatic carbocycles. The molecule has 0 saturated heterocycles. The fourth-order valence-corrected chi connectivity index (χ4v) is 1.29. The molecule has 1 atom stereocenters. The van der Waals surface area contributed by atoms with Crippen molar-refractivity contribution in [1.29, 1.82) is 0 Å². The summed E-state index contributed by atoms with van der Waals surface area (Å²) in [7, 11) is 1.39. The summed E-state index contributed by atoms with van der Waals surface area (Å²) in [6, 6.07) is 2.78. The standard InChI is InChI=1S/C10H14FNO2/c1-6(5-12)7-3-4-8(11)9(13)10(7)14-2/h3-4,6,13H,5,12H2,1-2H3. The fourth-order valence-electron chi connectivity index (χ4n) is 1.29. The van der Waals surface area contributed by atoms with E-state index in [0.29, 0.717) is 12.1 Å². The van der Waals surface area contributed by atoms with Gasteiger partial charge in [-0.15, -0.1) is 0 Å². The Labute approximate surface area is 82.3 Å². The normalized spacial score (nSPS) is 12.6. The average Bonchev–Trinajstić information content (AvgIpc) is 2.20. The molecule has 1 rings (SSSR count). The summed E-state index contributed by atoms with van der Waals surface area (Å²) in [5, 5.41) is 9.38. The molecule has 1 aromatic carbocycles. The third kappa shape index (κ3) is 1.80. The SMILES string of the molecule is COc1c(C(C)CN)ccc(F)c1O. The Morgan fingerprint density at radius 3 is 2.71 bits per heavy atom. The molecule has 0 aliphatic heterocycles. The van der Waals surface area contributed by atoms with E-state index in [1.807, 2.05) is 6.92 Å². The van der Waals surface area contributed by atoms with Crippen LogP contribution < -0.4 is 10.5 Å². The first-order chi connectivity index (χ1) is 6.61. The maximum absolute atomic E-state index is 13.0. The summed E-state index contributed by atoms with van der Waals surface area (Å²) in [5.41, 5.74) is 6.20. The van der Waals surface area contributed by atoms with E-state index in [4.69, 9.17) is 10.5 Å². The molecule has 0 aliphatic rings. The minimum Gasteiger partial charge on any atom is -0.502 e. The third-order valence-corrected chi connectivity index (χ3v) is 2.20. The molecule has 3 N–H and O–H groups in total. The number of phenolic OH excluding ortho intramolecular Hbond substituents is 1. The molecular formula is C10H14FNO2. The van der Waals surface area contributed by atoms with Crippen molar-refractivity contribution in [1.82, 2.24) is 0 Å². The Balaban J connectivity index is 3.23. The van der Waals surface area contributed by atoms with Crippen molar-refractivity contribution in [2.75, 3.05) is 13.7 Å². The van der Waals surface area contributed by atoms with Crippen LogP contribution in [0.25, 0.3) is 0 Å². The quantitative estimate of drug-likeness (QED) is 0.777. The smallest absolute Gasteiger partial charge is 0.194 e. The second-order valence-electron chi connectivity index (χ2n) is 3.16. The van der Waals surface area contributed by atoms with Gasteiger partial charge in [0.05, 0.1) is 7.11 Å². The van der Waals surface area contributed by atoms with Gasteiger partial charge in [0.25, 0.3) is 0 Å². The second-order valence-corrected chi connectivity index (χ2v) is 3.16. The predicted molar refractivity (Wildman–Crippen MR) is 52.1 cm³/mol. The van der Waals surface area contributed by atoms with Gasteiger partial charge in [0.2, 0.25) is 0 Å². The van der Waals surface area contributed by atoms with Crippen molar-refractivity contribution in [2.24, 2.45) is 5.73 Å². The van der Waals surface area contributed by atoms with Crippen molar-refractivity contribution in [3.63, 3.8) is 0 Å². The molecule has 14 heavy (non-hydrogen) atoms. The van der Waals surface area contributed by atoms with E-state index in [2.05, 4.69) is 0 Å². The maximum Gasteiger partial charge on any atom is 0.194 e. The predicted octanol–water partition coefficient (Wildman–Crippen LogP) is 1.60. The van der Waals surface area contributed by atoms with Gasteiger partial charge in [0, 0.05) is 5.56 Å². The number of ether oxygens (including phenoxy) is 1. The fraction of sp³-hybridized carbons (Fsp3) is 0.400. The van der Waals surface area contributed by atoms with Gasteiger partial charge in [0.15, 0.2) is 17.3 Å². The molecule has 0 heterocycles. The van der Waals surface area contributed by atoms with E-state index in [0.717, 1.165) is 0 Å². The minimum absolute atomic E-state index is 0.0245. The molecule has 0 amide bonds. The lowest BCUT2D eigenvalue weighted by atomic mass is 10.00. The lowest BCUT2D eigenvalue weighted by Gasteiger charge is -2.14. The van der Waals surface area contributed by atoms with Crippen LogP contribution in [0.3, 0.4) is 0 Å². The average molecular weight is 199 g/mol. The monoisotopic (exact) mass is 199 g/mol. The van der Waals surface area contributed by atoms with E-state index in [1.54, 1.807) is 6.07 Å². The van der Waals surface area contributed by atoms with E-state index < -0.39 is 11.6 Å². The van der Waals surface area contributed by atoms with Gasteiger partial charge >= 0.3 is 0 Å². The zero-order valence-electron chi connectivity index (χ0n) is 8.25. The molecule has 1 unspecified atom stereocenters.